The van der Waals surface area contributed by atoms with E-state index in [9.17, 15) is 17.6 Å². The third-order valence-corrected chi connectivity index (χ3v) is 5.63. The summed E-state index contributed by atoms with van der Waals surface area (Å²) < 4.78 is 46.2. The van der Waals surface area contributed by atoms with Gasteiger partial charge in [-0.1, -0.05) is 24.3 Å². The number of amides is 1. The zero-order valence-corrected chi connectivity index (χ0v) is 16.6. The number of nitrogens with one attached hydrogen (secondary N) is 1. The summed E-state index contributed by atoms with van der Waals surface area (Å²) in [5, 5.41) is -0.560. The first kappa shape index (κ1) is 21.2. The van der Waals surface area contributed by atoms with Gasteiger partial charge in [-0.15, -0.1) is 0 Å². The SMILES string of the molecule is CN(C)C(=O)COc1ccc(C(S)CNS(=O)(=O)c2ccccc2)cc1F. The van der Waals surface area contributed by atoms with Crippen molar-refractivity contribution in [1.82, 2.24) is 9.62 Å². The summed E-state index contributed by atoms with van der Waals surface area (Å²) >= 11 is 4.34. The molecule has 146 valence electrons. The first-order chi connectivity index (χ1) is 12.7. The van der Waals surface area contributed by atoms with E-state index in [1.54, 1.807) is 38.4 Å². The Hall–Kier alpha value is -2.10. The molecule has 0 aliphatic rings. The zero-order valence-electron chi connectivity index (χ0n) is 14.9. The van der Waals surface area contributed by atoms with Crippen LogP contribution in [0.4, 0.5) is 4.39 Å². The van der Waals surface area contributed by atoms with Crippen molar-refractivity contribution < 1.29 is 22.3 Å². The minimum Gasteiger partial charge on any atom is -0.481 e. The molecule has 0 aliphatic heterocycles. The fourth-order valence-corrected chi connectivity index (χ4v) is 3.54. The Kier molecular flexibility index (Phi) is 7.23. The van der Waals surface area contributed by atoms with E-state index >= 15 is 0 Å². The number of nitrogens with zero attached hydrogens (tertiary/aromatic N) is 1. The van der Waals surface area contributed by atoms with Gasteiger partial charge in [-0.25, -0.2) is 17.5 Å². The highest BCUT2D eigenvalue weighted by Crippen LogP contribution is 2.25. The largest absolute Gasteiger partial charge is 0.481 e. The van der Waals surface area contributed by atoms with Gasteiger partial charge in [-0.05, 0) is 29.8 Å². The van der Waals surface area contributed by atoms with Gasteiger partial charge in [0.25, 0.3) is 5.91 Å². The topological polar surface area (TPSA) is 75.7 Å². The lowest BCUT2D eigenvalue weighted by molar-refractivity contribution is -0.130. The number of halogens is 1. The minimum atomic E-state index is -3.67. The predicted octanol–water partition coefficient (Wildman–Crippen LogP) is 2.24. The number of rotatable bonds is 8. The molecular formula is C18H21FN2O4S2. The summed E-state index contributed by atoms with van der Waals surface area (Å²) in [6.07, 6.45) is 0. The number of ether oxygens (including phenoxy) is 1. The van der Waals surface area contributed by atoms with Crippen LogP contribution < -0.4 is 9.46 Å². The quantitative estimate of drug-likeness (QED) is 0.652. The average molecular weight is 413 g/mol. The number of hydrogen-bond acceptors (Lipinski definition) is 5. The van der Waals surface area contributed by atoms with Crippen LogP contribution in [0.1, 0.15) is 10.8 Å². The van der Waals surface area contributed by atoms with Gasteiger partial charge in [0, 0.05) is 25.9 Å². The molecule has 2 aromatic rings. The Morgan fingerprint density at radius 3 is 2.48 bits per heavy atom. The van der Waals surface area contributed by atoms with Gasteiger partial charge in [-0.2, -0.15) is 12.6 Å². The Morgan fingerprint density at radius 2 is 1.89 bits per heavy atom. The van der Waals surface area contributed by atoms with Crippen LogP contribution in [0.5, 0.6) is 5.75 Å². The third kappa shape index (κ3) is 5.95. The van der Waals surface area contributed by atoms with E-state index in [0.29, 0.717) is 5.56 Å². The van der Waals surface area contributed by atoms with Crippen LogP contribution in [0.3, 0.4) is 0 Å². The van der Waals surface area contributed by atoms with Gasteiger partial charge in [-0.3, -0.25) is 4.79 Å². The number of carbonyl (C=O) groups excluding carboxylic acids is 1. The van der Waals surface area contributed by atoms with Gasteiger partial charge in [0.15, 0.2) is 18.2 Å². The number of benzene rings is 2. The Bertz CT molecular complexity index is 889. The second kappa shape index (κ2) is 9.20. The highest BCUT2D eigenvalue weighted by atomic mass is 32.2. The first-order valence-corrected chi connectivity index (χ1v) is 10.1. The molecular weight excluding hydrogens is 391 g/mol. The highest BCUT2D eigenvalue weighted by Gasteiger charge is 2.17. The molecule has 2 aromatic carbocycles. The molecule has 0 saturated heterocycles. The minimum absolute atomic E-state index is 0.0148. The van der Waals surface area contributed by atoms with Crippen molar-refractivity contribution in [2.75, 3.05) is 27.2 Å². The van der Waals surface area contributed by atoms with Crippen LogP contribution in [0, 0.1) is 5.82 Å². The molecule has 0 bridgehead atoms. The molecule has 1 amide bonds. The molecule has 1 atom stereocenters. The molecule has 0 radical (unpaired) electrons. The fraction of sp³-hybridized carbons (Fsp3) is 0.278. The normalized spacial score (nSPS) is 12.4. The molecule has 6 nitrogen and oxygen atoms in total. The zero-order chi connectivity index (χ0) is 20.0. The van der Waals surface area contributed by atoms with E-state index in [-0.39, 0.29) is 29.7 Å². The molecule has 0 spiro atoms. The summed E-state index contributed by atoms with van der Waals surface area (Å²) in [4.78, 5) is 13.0. The molecule has 1 N–H and O–H groups in total. The Labute approximate surface area is 163 Å². The lowest BCUT2D eigenvalue weighted by Gasteiger charge is -2.15. The summed E-state index contributed by atoms with van der Waals surface area (Å²) in [6.45, 7) is -0.288. The third-order valence-electron chi connectivity index (χ3n) is 3.71. The summed E-state index contributed by atoms with van der Waals surface area (Å²) in [5.74, 6) is -0.996. The number of sulfonamides is 1. The number of likely N-dealkylation sites (N-methyl/N-ethyl adjacent to an activating group) is 1. The molecule has 27 heavy (non-hydrogen) atoms. The maximum atomic E-state index is 14.2. The number of hydrogen-bond donors (Lipinski definition) is 2. The van der Waals surface area contributed by atoms with E-state index in [0.717, 1.165) is 0 Å². The van der Waals surface area contributed by atoms with E-state index in [4.69, 9.17) is 4.74 Å². The number of thiol groups is 1. The van der Waals surface area contributed by atoms with Crippen molar-refractivity contribution in [1.29, 1.82) is 0 Å². The summed E-state index contributed by atoms with van der Waals surface area (Å²) in [5.41, 5.74) is 0.484. The monoisotopic (exact) mass is 412 g/mol. The van der Waals surface area contributed by atoms with Crippen molar-refractivity contribution in [3.63, 3.8) is 0 Å². The van der Waals surface area contributed by atoms with Gasteiger partial charge in [0.05, 0.1) is 4.90 Å². The van der Waals surface area contributed by atoms with Crippen molar-refractivity contribution in [3.05, 3.63) is 59.9 Å². The molecule has 0 saturated carbocycles. The summed E-state index contributed by atoms with van der Waals surface area (Å²) in [7, 11) is -0.514. The van der Waals surface area contributed by atoms with Crippen LogP contribution in [-0.4, -0.2) is 46.5 Å². The van der Waals surface area contributed by atoms with E-state index in [2.05, 4.69) is 17.4 Å². The van der Waals surface area contributed by atoms with E-state index in [1.807, 2.05) is 0 Å². The molecule has 1 unspecified atom stereocenters. The lowest BCUT2D eigenvalue weighted by atomic mass is 10.1. The van der Waals surface area contributed by atoms with Gasteiger partial charge in [0.2, 0.25) is 10.0 Å². The molecule has 0 heterocycles. The van der Waals surface area contributed by atoms with Gasteiger partial charge < -0.3 is 9.64 Å². The van der Waals surface area contributed by atoms with E-state index in [1.165, 1.54) is 29.2 Å². The smallest absolute Gasteiger partial charge is 0.259 e. The maximum absolute atomic E-state index is 14.2. The second-order valence-corrected chi connectivity index (χ2v) is 8.34. The first-order valence-electron chi connectivity index (χ1n) is 8.06. The Balaban J connectivity index is 1.99. The van der Waals surface area contributed by atoms with E-state index < -0.39 is 21.1 Å². The average Bonchev–Trinajstić information content (AvgIpc) is 2.65. The number of carbonyl (C=O) groups is 1. The second-order valence-electron chi connectivity index (χ2n) is 5.95. The van der Waals surface area contributed by atoms with Crippen LogP contribution in [0.2, 0.25) is 0 Å². The van der Waals surface area contributed by atoms with Crippen LogP contribution in [0.25, 0.3) is 0 Å². The van der Waals surface area contributed by atoms with Crippen LogP contribution >= 0.6 is 12.6 Å². The molecule has 0 aromatic heterocycles. The Morgan fingerprint density at radius 1 is 1.22 bits per heavy atom. The standard InChI is InChI=1S/C18H21FN2O4S2/c1-21(2)18(22)12-25-16-9-8-13(10-15(16)19)17(26)11-20-27(23,24)14-6-4-3-5-7-14/h3-10,17,20,26H,11-12H2,1-2H3. The van der Waals surface area contributed by atoms with Crippen LogP contribution in [0.15, 0.2) is 53.4 Å². The van der Waals surface area contributed by atoms with Crippen molar-refractivity contribution in [3.8, 4) is 5.75 Å². The lowest BCUT2D eigenvalue weighted by Crippen LogP contribution is -2.28. The maximum Gasteiger partial charge on any atom is 0.259 e. The molecule has 2 rings (SSSR count). The van der Waals surface area contributed by atoms with Crippen molar-refractivity contribution >= 4 is 28.6 Å². The van der Waals surface area contributed by atoms with Crippen molar-refractivity contribution in [2.24, 2.45) is 0 Å². The fourth-order valence-electron chi connectivity index (χ4n) is 2.10. The van der Waals surface area contributed by atoms with Crippen molar-refractivity contribution in [2.45, 2.75) is 10.1 Å². The molecule has 9 heteroatoms. The molecule has 0 fully saturated rings. The highest BCUT2D eigenvalue weighted by molar-refractivity contribution is 7.89. The van der Waals surface area contributed by atoms with Gasteiger partial charge >= 0.3 is 0 Å². The summed E-state index contributed by atoms with van der Waals surface area (Å²) in [6, 6.07) is 12.1. The predicted molar refractivity (Wildman–Crippen MR) is 104 cm³/mol. The van der Waals surface area contributed by atoms with Crippen LogP contribution in [-0.2, 0) is 14.8 Å². The van der Waals surface area contributed by atoms with Gasteiger partial charge in [0.1, 0.15) is 0 Å². The molecule has 0 aliphatic carbocycles.